The van der Waals surface area contributed by atoms with Crippen LogP contribution in [0, 0.1) is 0 Å². The van der Waals surface area contributed by atoms with E-state index in [1.54, 1.807) is 0 Å². The largest absolute Gasteiger partial charge is 0.384 e. The molecule has 1 unspecified atom stereocenters. The lowest BCUT2D eigenvalue weighted by Gasteiger charge is -2.38. The van der Waals surface area contributed by atoms with Gasteiger partial charge in [0.1, 0.15) is 17.5 Å². The van der Waals surface area contributed by atoms with Crippen molar-refractivity contribution in [2.45, 2.75) is 45.1 Å². The van der Waals surface area contributed by atoms with Crippen LogP contribution in [0.5, 0.6) is 0 Å². The minimum atomic E-state index is -0.0701. The fourth-order valence-electron chi connectivity index (χ4n) is 3.15. The second-order valence-electron chi connectivity index (χ2n) is 7.00. The van der Waals surface area contributed by atoms with Crippen molar-refractivity contribution in [3.05, 3.63) is 11.9 Å². The van der Waals surface area contributed by atoms with E-state index in [1.807, 2.05) is 6.07 Å². The molecule has 0 spiro atoms. The van der Waals surface area contributed by atoms with E-state index in [2.05, 4.69) is 35.6 Å². The lowest BCUT2D eigenvalue weighted by atomic mass is 9.96. The maximum atomic E-state index is 5.98. The first-order chi connectivity index (χ1) is 9.43. The molecular weight excluding hydrogens is 250 g/mol. The van der Waals surface area contributed by atoms with Gasteiger partial charge in [0.25, 0.3) is 0 Å². The number of hydrogen-bond donors (Lipinski definition) is 1. The van der Waals surface area contributed by atoms with Crippen molar-refractivity contribution < 1.29 is 0 Å². The minimum Gasteiger partial charge on any atom is -0.384 e. The Kier molecular flexibility index (Phi) is 3.32. The Morgan fingerprint density at radius 2 is 2.00 bits per heavy atom. The van der Waals surface area contributed by atoms with Gasteiger partial charge in [-0.25, -0.2) is 9.97 Å². The molecule has 2 aliphatic rings. The van der Waals surface area contributed by atoms with Crippen LogP contribution in [0.2, 0.25) is 0 Å². The Bertz CT molecular complexity index is 494. The maximum absolute atomic E-state index is 5.98. The van der Waals surface area contributed by atoms with Crippen molar-refractivity contribution in [2.24, 2.45) is 0 Å². The highest BCUT2D eigenvalue weighted by atomic mass is 15.3. The summed E-state index contributed by atoms with van der Waals surface area (Å²) in [5, 5.41) is 0. The predicted molar refractivity (Wildman–Crippen MR) is 82.0 cm³/mol. The molecule has 0 aromatic carbocycles. The maximum Gasteiger partial charge on any atom is 0.138 e. The monoisotopic (exact) mass is 275 g/mol. The molecule has 2 aliphatic heterocycles. The molecule has 0 bridgehead atoms. The van der Waals surface area contributed by atoms with Gasteiger partial charge in [0.2, 0.25) is 0 Å². The van der Waals surface area contributed by atoms with Crippen molar-refractivity contribution >= 4 is 11.6 Å². The molecule has 110 valence electrons. The van der Waals surface area contributed by atoms with E-state index in [0.717, 1.165) is 31.3 Å². The SMILES string of the molecule is CC(C)(C)c1nc(N)cc(N2CCN3CCCC3C2)n1. The molecule has 0 saturated carbocycles. The molecule has 5 nitrogen and oxygen atoms in total. The molecule has 0 aliphatic carbocycles. The topological polar surface area (TPSA) is 58.3 Å². The quantitative estimate of drug-likeness (QED) is 0.844. The van der Waals surface area contributed by atoms with Gasteiger partial charge in [-0.05, 0) is 19.4 Å². The van der Waals surface area contributed by atoms with Crippen LogP contribution in [0.3, 0.4) is 0 Å². The number of nitrogens with zero attached hydrogens (tertiary/aromatic N) is 4. The lowest BCUT2D eigenvalue weighted by Crippen LogP contribution is -2.50. The number of fused-ring (bicyclic) bond motifs is 1. The highest BCUT2D eigenvalue weighted by molar-refractivity contribution is 5.48. The zero-order chi connectivity index (χ0) is 14.3. The third-order valence-corrected chi connectivity index (χ3v) is 4.31. The number of aromatic nitrogens is 2. The average Bonchev–Trinajstić information content (AvgIpc) is 2.84. The summed E-state index contributed by atoms with van der Waals surface area (Å²) >= 11 is 0. The Balaban J connectivity index is 1.85. The summed E-state index contributed by atoms with van der Waals surface area (Å²) < 4.78 is 0. The molecule has 0 radical (unpaired) electrons. The molecule has 1 aromatic rings. The van der Waals surface area contributed by atoms with Crippen LogP contribution in [0.25, 0.3) is 0 Å². The van der Waals surface area contributed by atoms with E-state index in [4.69, 9.17) is 10.7 Å². The zero-order valence-corrected chi connectivity index (χ0v) is 12.8. The molecule has 1 atom stereocenters. The van der Waals surface area contributed by atoms with Crippen LogP contribution in [-0.4, -0.2) is 47.1 Å². The van der Waals surface area contributed by atoms with Gasteiger partial charge in [-0.3, -0.25) is 4.90 Å². The van der Waals surface area contributed by atoms with Crippen LogP contribution in [-0.2, 0) is 5.41 Å². The third-order valence-electron chi connectivity index (χ3n) is 4.31. The third kappa shape index (κ3) is 2.59. The van der Waals surface area contributed by atoms with Gasteiger partial charge in [0.15, 0.2) is 0 Å². The zero-order valence-electron chi connectivity index (χ0n) is 12.8. The second-order valence-corrected chi connectivity index (χ2v) is 7.00. The highest BCUT2D eigenvalue weighted by Crippen LogP contribution is 2.27. The molecule has 0 amide bonds. The smallest absolute Gasteiger partial charge is 0.138 e. The van der Waals surface area contributed by atoms with Crippen molar-refractivity contribution in [2.75, 3.05) is 36.8 Å². The fourth-order valence-corrected chi connectivity index (χ4v) is 3.15. The van der Waals surface area contributed by atoms with Crippen molar-refractivity contribution in [1.82, 2.24) is 14.9 Å². The van der Waals surface area contributed by atoms with E-state index in [9.17, 15) is 0 Å². The summed E-state index contributed by atoms with van der Waals surface area (Å²) in [6.07, 6.45) is 2.64. The van der Waals surface area contributed by atoms with Crippen LogP contribution in [0.1, 0.15) is 39.4 Å². The Labute approximate surface area is 121 Å². The standard InChI is InChI=1S/C15H25N5/c1-15(2,3)14-17-12(16)9-13(18-14)20-8-7-19-6-4-5-11(19)10-20/h9,11H,4-8,10H2,1-3H3,(H2,16,17,18). The highest BCUT2D eigenvalue weighted by Gasteiger charge is 2.31. The summed E-state index contributed by atoms with van der Waals surface area (Å²) in [4.78, 5) is 14.1. The van der Waals surface area contributed by atoms with Crippen molar-refractivity contribution in [1.29, 1.82) is 0 Å². The normalized spacial score (nSPS) is 23.9. The number of rotatable bonds is 1. The first kappa shape index (κ1) is 13.6. The number of nitrogens with two attached hydrogens (primary N) is 1. The van der Waals surface area contributed by atoms with Gasteiger partial charge >= 0.3 is 0 Å². The van der Waals surface area contributed by atoms with Crippen molar-refractivity contribution in [3.8, 4) is 0 Å². The van der Waals surface area contributed by atoms with E-state index >= 15 is 0 Å². The molecule has 2 N–H and O–H groups in total. The summed E-state index contributed by atoms with van der Waals surface area (Å²) in [6, 6.07) is 2.61. The predicted octanol–water partition coefficient (Wildman–Crippen LogP) is 1.64. The first-order valence-corrected chi connectivity index (χ1v) is 7.57. The van der Waals surface area contributed by atoms with Gasteiger partial charge in [0.05, 0.1) is 0 Å². The Morgan fingerprint density at radius 1 is 1.20 bits per heavy atom. The number of nitrogen functional groups attached to an aromatic ring is 1. The first-order valence-electron chi connectivity index (χ1n) is 7.57. The van der Waals surface area contributed by atoms with Crippen LogP contribution in [0.4, 0.5) is 11.6 Å². The fraction of sp³-hybridized carbons (Fsp3) is 0.733. The van der Waals surface area contributed by atoms with Crippen LogP contribution < -0.4 is 10.6 Å². The van der Waals surface area contributed by atoms with E-state index in [-0.39, 0.29) is 5.41 Å². The minimum absolute atomic E-state index is 0.0701. The average molecular weight is 275 g/mol. The Hall–Kier alpha value is -1.36. The number of anilines is 2. The van der Waals surface area contributed by atoms with Gasteiger partial charge in [-0.1, -0.05) is 20.8 Å². The van der Waals surface area contributed by atoms with E-state index in [0.29, 0.717) is 11.9 Å². The number of piperazine rings is 1. The van der Waals surface area contributed by atoms with Crippen molar-refractivity contribution in [3.63, 3.8) is 0 Å². The van der Waals surface area contributed by atoms with Gasteiger partial charge < -0.3 is 10.6 Å². The van der Waals surface area contributed by atoms with Crippen LogP contribution in [0.15, 0.2) is 6.07 Å². The van der Waals surface area contributed by atoms with Crippen LogP contribution >= 0.6 is 0 Å². The molecule has 5 heteroatoms. The molecule has 3 rings (SSSR count). The molecule has 3 heterocycles. The molecular formula is C15H25N5. The molecule has 2 fully saturated rings. The second kappa shape index (κ2) is 4.88. The lowest BCUT2D eigenvalue weighted by molar-refractivity contribution is 0.230. The van der Waals surface area contributed by atoms with Gasteiger partial charge in [0, 0.05) is 37.2 Å². The van der Waals surface area contributed by atoms with E-state index in [1.165, 1.54) is 19.4 Å². The molecule has 2 saturated heterocycles. The number of hydrogen-bond acceptors (Lipinski definition) is 5. The summed E-state index contributed by atoms with van der Waals surface area (Å²) in [6.45, 7) is 10.9. The molecule has 1 aromatic heterocycles. The van der Waals surface area contributed by atoms with Gasteiger partial charge in [-0.15, -0.1) is 0 Å². The summed E-state index contributed by atoms with van der Waals surface area (Å²) in [7, 11) is 0. The summed E-state index contributed by atoms with van der Waals surface area (Å²) in [5.74, 6) is 2.41. The Morgan fingerprint density at radius 3 is 2.75 bits per heavy atom. The van der Waals surface area contributed by atoms with E-state index < -0.39 is 0 Å². The summed E-state index contributed by atoms with van der Waals surface area (Å²) in [5.41, 5.74) is 5.91. The molecule has 20 heavy (non-hydrogen) atoms. The van der Waals surface area contributed by atoms with Gasteiger partial charge in [-0.2, -0.15) is 0 Å².